The topological polar surface area (TPSA) is 41.5 Å². The largest absolute Gasteiger partial charge is 0.489 e. The van der Waals surface area contributed by atoms with Gasteiger partial charge in [-0.2, -0.15) is 0 Å². The summed E-state index contributed by atoms with van der Waals surface area (Å²) in [5.74, 6) is 1.28. The number of ether oxygens (including phenoxy) is 1. The van der Waals surface area contributed by atoms with Crippen LogP contribution in [0.15, 0.2) is 41.8 Å². The molecule has 2 unspecified atom stereocenters. The molecule has 1 aliphatic rings. The van der Waals surface area contributed by atoms with Crippen molar-refractivity contribution in [3.63, 3.8) is 0 Å². The van der Waals surface area contributed by atoms with Gasteiger partial charge >= 0.3 is 0 Å². The summed E-state index contributed by atoms with van der Waals surface area (Å²) in [5.41, 5.74) is 0. The van der Waals surface area contributed by atoms with E-state index in [4.69, 9.17) is 16.3 Å². The summed E-state index contributed by atoms with van der Waals surface area (Å²) >= 11 is 7.86. The SMILES string of the molecule is OC(CNC(c1cccs1)C1CCCC1)COc1ccccc1Cl. The van der Waals surface area contributed by atoms with Crippen LogP contribution in [0.1, 0.15) is 36.6 Å². The quantitative estimate of drug-likeness (QED) is 0.714. The van der Waals surface area contributed by atoms with Crippen molar-refractivity contribution in [3.8, 4) is 5.75 Å². The van der Waals surface area contributed by atoms with Gasteiger partial charge in [-0.1, -0.05) is 42.6 Å². The van der Waals surface area contributed by atoms with Gasteiger partial charge < -0.3 is 15.2 Å². The van der Waals surface area contributed by atoms with E-state index in [1.54, 1.807) is 17.4 Å². The van der Waals surface area contributed by atoms with Gasteiger partial charge in [0.05, 0.1) is 5.02 Å². The molecular formula is C19H24ClNO2S. The predicted octanol–water partition coefficient (Wildman–Crippen LogP) is 4.66. The summed E-state index contributed by atoms with van der Waals surface area (Å²) in [6.45, 7) is 0.752. The van der Waals surface area contributed by atoms with Crippen molar-refractivity contribution in [1.29, 1.82) is 0 Å². The van der Waals surface area contributed by atoms with Gasteiger partial charge in [0.1, 0.15) is 18.5 Å². The number of nitrogens with one attached hydrogen (secondary N) is 1. The molecule has 2 N–H and O–H groups in total. The monoisotopic (exact) mass is 365 g/mol. The maximum absolute atomic E-state index is 10.3. The molecular weight excluding hydrogens is 342 g/mol. The van der Waals surface area contributed by atoms with Crippen LogP contribution in [-0.2, 0) is 0 Å². The number of aliphatic hydroxyl groups is 1. The van der Waals surface area contributed by atoms with Crippen molar-refractivity contribution in [2.24, 2.45) is 5.92 Å². The number of aliphatic hydroxyl groups excluding tert-OH is 1. The molecule has 1 heterocycles. The van der Waals surface area contributed by atoms with Crippen LogP contribution in [0.2, 0.25) is 5.02 Å². The predicted molar refractivity (Wildman–Crippen MR) is 100.0 cm³/mol. The standard InChI is InChI=1S/C19H24ClNO2S/c20-16-8-3-4-9-17(16)23-13-15(22)12-21-19(14-6-1-2-7-14)18-10-5-11-24-18/h3-5,8-11,14-15,19,21-22H,1-2,6-7,12-13H2. The van der Waals surface area contributed by atoms with Gasteiger partial charge in [0.2, 0.25) is 0 Å². The average Bonchev–Trinajstić information content (AvgIpc) is 3.28. The van der Waals surface area contributed by atoms with Crippen LogP contribution < -0.4 is 10.1 Å². The van der Waals surface area contributed by atoms with Crippen LogP contribution in [0, 0.1) is 5.92 Å². The number of halogens is 1. The number of benzene rings is 1. The molecule has 0 saturated heterocycles. The minimum atomic E-state index is -0.565. The lowest BCUT2D eigenvalue weighted by Gasteiger charge is -2.25. The number of hydrogen-bond acceptors (Lipinski definition) is 4. The summed E-state index contributed by atoms with van der Waals surface area (Å²) in [6, 6.07) is 12.0. The Morgan fingerprint density at radius 3 is 2.71 bits per heavy atom. The molecule has 0 amide bonds. The van der Waals surface area contributed by atoms with Crippen LogP contribution in [0.5, 0.6) is 5.75 Å². The second kappa shape index (κ2) is 8.86. The van der Waals surface area contributed by atoms with E-state index in [9.17, 15) is 5.11 Å². The molecule has 130 valence electrons. The zero-order chi connectivity index (χ0) is 16.8. The van der Waals surface area contributed by atoms with E-state index >= 15 is 0 Å². The first-order valence-corrected chi connectivity index (χ1v) is 9.82. The third-order valence-corrected chi connectivity index (χ3v) is 5.83. The van der Waals surface area contributed by atoms with Gasteiger partial charge in [-0.05, 0) is 42.3 Å². The first-order valence-electron chi connectivity index (χ1n) is 8.56. The molecule has 0 bridgehead atoms. The number of hydrogen-bond donors (Lipinski definition) is 2. The highest BCUT2D eigenvalue weighted by Gasteiger charge is 2.27. The summed E-state index contributed by atoms with van der Waals surface area (Å²) in [6.07, 6.45) is 4.59. The highest BCUT2D eigenvalue weighted by molar-refractivity contribution is 7.10. The second-order valence-corrected chi connectivity index (χ2v) is 7.73. The molecule has 1 aliphatic carbocycles. The molecule has 5 heteroatoms. The van der Waals surface area contributed by atoms with Crippen LogP contribution in [0.4, 0.5) is 0 Å². The first-order chi connectivity index (χ1) is 11.7. The lowest BCUT2D eigenvalue weighted by atomic mass is 9.96. The second-order valence-electron chi connectivity index (χ2n) is 6.34. The summed E-state index contributed by atoms with van der Waals surface area (Å²) in [4.78, 5) is 1.36. The summed E-state index contributed by atoms with van der Waals surface area (Å²) in [5, 5.41) is 16.5. The van der Waals surface area contributed by atoms with Crippen molar-refractivity contribution < 1.29 is 9.84 Å². The van der Waals surface area contributed by atoms with Crippen molar-refractivity contribution in [2.45, 2.75) is 37.8 Å². The zero-order valence-corrected chi connectivity index (χ0v) is 15.2. The molecule has 3 nitrogen and oxygen atoms in total. The molecule has 1 saturated carbocycles. The number of para-hydroxylation sites is 1. The molecule has 1 aromatic carbocycles. The zero-order valence-electron chi connectivity index (χ0n) is 13.7. The molecule has 1 fully saturated rings. The lowest BCUT2D eigenvalue weighted by molar-refractivity contribution is 0.101. The van der Waals surface area contributed by atoms with E-state index < -0.39 is 6.10 Å². The minimum Gasteiger partial charge on any atom is -0.489 e. The third-order valence-electron chi connectivity index (χ3n) is 4.56. The Kier molecular flexibility index (Phi) is 6.55. The summed E-state index contributed by atoms with van der Waals surface area (Å²) in [7, 11) is 0. The van der Waals surface area contributed by atoms with Crippen LogP contribution in [0.25, 0.3) is 0 Å². The Morgan fingerprint density at radius 1 is 1.21 bits per heavy atom. The maximum Gasteiger partial charge on any atom is 0.138 e. The highest BCUT2D eigenvalue weighted by atomic mass is 35.5. The Bertz CT molecular complexity index is 614. The van der Waals surface area contributed by atoms with E-state index in [1.807, 2.05) is 18.2 Å². The van der Waals surface area contributed by atoms with Crippen molar-refractivity contribution in [2.75, 3.05) is 13.2 Å². The van der Waals surface area contributed by atoms with Crippen LogP contribution in [0.3, 0.4) is 0 Å². The van der Waals surface area contributed by atoms with Gasteiger partial charge in [0.25, 0.3) is 0 Å². The molecule has 24 heavy (non-hydrogen) atoms. The fraction of sp³-hybridized carbons (Fsp3) is 0.474. The third kappa shape index (κ3) is 4.73. The van der Waals surface area contributed by atoms with Crippen LogP contribution >= 0.6 is 22.9 Å². The molecule has 0 spiro atoms. The molecule has 0 radical (unpaired) electrons. The fourth-order valence-corrected chi connectivity index (χ4v) is 4.41. The van der Waals surface area contributed by atoms with E-state index in [0.29, 0.717) is 29.3 Å². The fourth-order valence-electron chi connectivity index (χ4n) is 3.33. The van der Waals surface area contributed by atoms with Gasteiger partial charge in [-0.3, -0.25) is 0 Å². The van der Waals surface area contributed by atoms with Crippen molar-refractivity contribution in [1.82, 2.24) is 5.32 Å². The Balaban J connectivity index is 1.51. The number of thiophene rings is 1. The molecule has 2 atom stereocenters. The normalized spacial score (nSPS) is 17.8. The highest BCUT2D eigenvalue weighted by Crippen LogP contribution is 2.37. The molecule has 3 rings (SSSR count). The molecule has 2 aromatic rings. The molecule has 1 aromatic heterocycles. The Hall–Kier alpha value is -1.07. The first kappa shape index (κ1) is 17.7. The van der Waals surface area contributed by atoms with Gasteiger partial charge in [0, 0.05) is 17.5 Å². The smallest absolute Gasteiger partial charge is 0.138 e. The van der Waals surface area contributed by atoms with Crippen molar-refractivity contribution in [3.05, 3.63) is 51.7 Å². The average molecular weight is 366 g/mol. The van der Waals surface area contributed by atoms with E-state index in [-0.39, 0.29) is 6.61 Å². The van der Waals surface area contributed by atoms with Crippen LogP contribution in [-0.4, -0.2) is 24.4 Å². The van der Waals surface area contributed by atoms with Gasteiger partial charge in [0.15, 0.2) is 0 Å². The Labute approximate surface area is 152 Å². The maximum atomic E-state index is 10.3. The van der Waals surface area contributed by atoms with Gasteiger partial charge in [-0.15, -0.1) is 11.3 Å². The van der Waals surface area contributed by atoms with Gasteiger partial charge in [-0.25, -0.2) is 0 Å². The summed E-state index contributed by atoms with van der Waals surface area (Å²) < 4.78 is 5.63. The van der Waals surface area contributed by atoms with Crippen molar-refractivity contribution >= 4 is 22.9 Å². The number of rotatable bonds is 8. The van der Waals surface area contributed by atoms with E-state index in [1.165, 1.54) is 30.6 Å². The lowest BCUT2D eigenvalue weighted by Crippen LogP contribution is -2.36. The Morgan fingerprint density at radius 2 is 2.00 bits per heavy atom. The van der Waals surface area contributed by atoms with E-state index in [2.05, 4.69) is 22.8 Å². The van der Waals surface area contributed by atoms with E-state index in [0.717, 1.165) is 0 Å². The molecule has 0 aliphatic heterocycles. The minimum absolute atomic E-state index is 0.235.